The smallest absolute Gasteiger partial charge is 2.00 e. The molecule has 0 aliphatic rings. The van der Waals surface area contributed by atoms with Gasteiger partial charge in [-0.15, -0.1) is 0 Å². The minimum absolute atomic E-state index is 0. The molecule has 0 heterocycles. The van der Waals surface area contributed by atoms with E-state index in [9.17, 15) is 0 Å². The minimum atomic E-state index is -2.00. The molecule has 8 heteroatoms. The summed E-state index contributed by atoms with van der Waals surface area (Å²) in [5.74, 6) is 0. The quantitative estimate of drug-likeness (QED) is 0.695. The number of hydrogen-bond donors (Lipinski definition) is 0. The average Bonchev–Trinajstić information content (AvgIpc) is 1.70. The maximum absolute atomic E-state index is 6.10. The van der Waals surface area contributed by atoms with E-state index in [0.717, 1.165) is 0 Å². The summed E-state index contributed by atoms with van der Waals surface area (Å²) in [4.78, 5) is 0. The van der Waals surface area contributed by atoms with E-state index >= 15 is 0 Å². The molecule has 0 aliphatic carbocycles. The van der Waals surface area contributed by atoms with Crippen molar-refractivity contribution in [3.05, 3.63) is 0 Å². The van der Waals surface area contributed by atoms with Crippen LogP contribution in [0.4, 0.5) is 0 Å². The van der Waals surface area contributed by atoms with Gasteiger partial charge in [-0.05, 0) is 0 Å². The summed E-state index contributed by atoms with van der Waals surface area (Å²) in [6.07, 6.45) is 0. The summed E-state index contributed by atoms with van der Waals surface area (Å²) in [6, 6.07) is 0. The third kappa shape index (κ3) is 15.0. The number of rotatable bonds is 6. The van der Waals surface area contributed by atoms with Crippen LogP contribution >= 0.6 is 0 Å². The zero-order valence-corrected chi connectivity index (χ0v) is 17.0. The van der Waals surface area contributed by atoms with E-state index in [1.165, 1.54) is 0 Å². The molecule has 0 unspecified atom stereocenters. The van der Waals surface area contributed by atoms with Gasteiger partial charge in [0.1, 0.15) is 0 Å². The van der Waals surface area contributed by atoms with Gasteiger partial charge in [-0.1, -0.05) is 0 Å². The van der Waals surface area contributed by atoms with Crippen LogP contribution in [0.3, 0.4) is 0 Å². The van der Waals surface area contributed by atoms with Gasteiger partial charge in [0.25, 0.3) is 0 Å². The fourth-order valence-electron chi connectivity index (χ4n) is 0.727. The van der Waals surface area contributed by atoms with Crippen molar-refractivity contribution in [2.24, 2.45) is 0 Å². The van der Waals surface area contributed by atoms with Gasteiger partial charge in [-0.25, -0.2) is 0 Å². The molecular weight excluding hydrogens is 307 g/mol. The molecule has 0 aromatic carbocycles. The molecule has 0 fully saturated rings. The fraction of sp³-hybridized carbons (Fsp3) is 1.00. The van der Waals surface area contributed by atoms with Crippen LogP contribution in [0.25, 0.3) is 0 Å². The van der Waals surface area contributed by atoms with Crippen molar-refractivity contribution in [1.29, 1.82) is 0 Å². The van der Waals surface area contributed by atoms with Crippen molar-refractivity contribution in [3.63, 3.8) is 0 Å². The second kappa shape index (κ2) is 7.02. The molecule has 17 heavy (non-hydrogen) atoms. The maximum atomic E-state index is 6.10. The normalized spacial score (nSPS) is 13.2. The van der Waals surface area contributed by atoms with Crippen LogP contribution in [0.1, 0.15) is 0 Å². The van der Waals surface area contributed by atoms with E-state index < -0.39 is 41.2 Å². The minimum Gasteiger partial charge on any atom is -2.00 e. The first kappa shape index (κ1) is 20.4. The molecule has 0 saturated heterocycles. The first-order valence-electron chi connectivity index (χ1n) is 5.66. The molecule has 0 aromatic heterocycles. The summed E-state index contributed by atoms with van der Waals surface area (Å²) in [5, 5.41) is 0. The van der Waals surface area contributed by atoms with E-state index in [1.54, 1.807) is 0 Å². The monoisotopic (exact) mass is 334 g/mol. The predicted octanol–water partition coefficient (Wildman–Crippen LogP) is 3.79. The van der Waals surface area contributed by atoms with Crippen molar-refractivity contribution in [2.75, 3.05) is 0 Å². The van der Waals surface area contributed by atoms with Crippen molar-refractivity contribution in [2.45, 2.75) is 58.9 Å². The second-order valence-electron chi connectivity index (χ2n) is 6.83. The number of hydrogen-bond acceptors (Lipinski definition) is 3. The Bertz CT molecular complexity index is 182. The van der Waals surface area contributed by atoms with Gasteiger partial charge in [0.2, 0.25) is 0 Å². The van der Waals surface area contributed by atoms with E-state index in [-0.39, 0.29) is 5.48 Å². The van der Waals surface area contributed by atoms with E-state index in [2.05, 4.69) is 58.9 Å². The van der Waals surface area contributed by atoms with Gasteiger partial charge in [-0.2, -0.15) is 0 Å². The van der Waals surface area contributed by atoms with Crippen LogP contribution in [0.2, 0.25) is 58.9 Å². The van der Waals surface area contributed by atoms with Crippen LogP contribution in [0.15, 0.2) is 0 Å². The molecule has 0 spiro atoms. The van der Waals surface area contributed by atoms with Gasteiger partial charge in [-0.3, -0.25) is 0 Å². The first-order chi connectivity index (χ1) is 6.79. The summed E-state index contributed by atoms with van der Waals surface area (Å²) in [6.45, 7) is 19.7. The molecule has 0 bridgehead atoms. The molecule has 0 aliphatic heterocycles. The summed E-state index contributed by atoms with van der Waals surface area (Å²) < 4.78 is 18.3. The van der Waals surface area contributed by atoms with Gasteiger partial charge in [0, 0.05) is 0 Å². The first-order valence-corrected chi connectivity index (χ1v) is 17.6. The zero-order valence-electron chi connectivity index (χ0n) is 12.6. The predicted molar refractivity (Wildman–Crippen MR) is 74.0 cm³/mol. The van der Waals surface area contributed by atoms with E-state index in [1.807, 2.05) is 0 Å². The van der Waals surface area contributed by atoms with Crippen LogP contribution in [-0.4, -0.2) is 25.0 Å². The van der Waals surface area contributed by atoms with E-state index in [0.29, 0.717) is 0 Å². The molecule has 0 saturated carbocycles. The molecule has 0 rings (SSSR count). The van der Waals surface area contributed by atoms with Gasteiger partial charge in [0.15, 0.2) is 0 Å². The van der Waals surface area contributed by atoms with Gasteiger partial charge < -0.3 is 5.48 Å². The Labute approximate surface area is 115 Å². The van der Waals surface area contributed by atoms with E-state index in [4.69, 9.17) is 10.1 Å². The fourth-order valence-corrected chi connectivity index (χ4v) is 10.4. The van der Waals surface area contributed by atoms with Crippen molar-refractivity contribution < 1.29 is 31.7 Å². The van der Waals surface area contributed by atoms with Crippen LogP contribution in [0, 0.1) is 0 Å². The molecular formula is C9H27O4Si3V. The third-order valence-corrected chi connectivity index (χ3v) is 12.9. The molecule has 104 valence electrons. The summed E-state index contributed by atoms with van der Waals surface area (Å²) in [5.41, 5.74) is 0. The van der Waals surface area contributed by atoms with Crippen LogP contribution < -0.4 is 0 Å². The Morgan fingerprint density at radius 3 is 0.824 bits per heavy atom. The largest absolute Gasteiger partial charge is 2.00 e. The molecule has 0 N–H and O–H groups in total. The molecule has 0 amide bonds. The Morgan fingerprint density at radius 2 is 0.706 bits per heavy atom. The Hall–Kier alpha value is 1.08. The second-order valence-corrected chi connectivity index (χ2v) is 23.3. The standard InChI is InChI=1S/3C3H9OSi.O.V/c3*1-5(2,3)4;;/h3*1-3H3;;/q3*-1;-2;+5. The van der Waals surface area contributed by atoms with Crippen molar-refractivity contribution in [3.8, 4) is 0 Å². The van der Waals surface area contributed by atoms with Crippen molar-refractivity contribution >= 4 is 25.0 Å². The topological polar surface area (TPSA) is 56.2 Å². The molecule has 0 aromatic rings. The Morgan fingerprint density at radius 1 is 0.529 bits per heavy atom. The molecule has 4 nitrogen and oxygen atoms in total. The Balaban J connectivity index is 0. The molecule has 0 radical (unpaired) electrons. The van der Waals surface area contributed by atoms with Crippen LogP contribution in [0.5, 0.6) is 0 Å². The third-order valence-electron chi connectivity index (χ3n) is 1.05. The van der Waals surface area contributed by atoms with Crippen LogP contribution in [-0.2, 0) is 31.7 Å². The summed E-state index contributed by atoms with van der Waals surface area (Å²) >= 11 is -2.00. The zero-order chi connectivity index (χ0) is 13.2. The Kier molecular flexibility index (Phi) is 8.42. The molecule has 0 atom stereocenters. The van der Waals surface area contributed by atoms with Crippen molar-refractivity contribution in [1.82, 2.24) is 0 Å². The average molecular weight is 335 g/mol. The SMILES string of the molecule is C[Si](C)(C)[O][V+2]([O][Si](C)(C)C)[O][Si](C)(C)C.[O-2]. The van der Waals surface area contributed by atoms with Gasteiger partial charge in [0.05, 0.1) is 0 Å². The van der Waals surface area contributed by atoms with Gasteiger partial charge >= 0.3 is 110 Å². The maximum Gasteiger partial charge on any atom is -2.00 e. The summed E-state index contributed by atoms with van der Waals surface area (Å²) in [7, 11) is -4.68.